The SMILES string of the molecule is CO[C@@H](C[C@H](C)CO)[C@@H](CO[Si](c1ccccc1)(c1ccccc1)C(C)(C)C)OCc1ccccc1. The molecule has 3 rings (SSSR count). The fourth-order valence-corrected chi connectivity index (χ4v) is 9.45. The Kier molecular flexibility index (Phi) is 10.5. The van der Waals surface area contributed by atoms with Gasteiger partial charge in [-0.3, -0.25) is 0 Å². The lowest BCUT2D eigenvalue weighted by Crippen LogP contribution is -2.67. The molecule has 36 heavy (non-hydrogen) atoms. The van der Waals surface area contributed by atoms with Gasteiger partial charge in [0.15, 0.2) is 0 Å². The molecule has 0 fully saturated rings. The molecule has 0 saturated heterocycles. The van der Waals surface area contributed by atoms with Gasteiger partial charge in [-0.15, -0.1) is 0 Å². The molecule has 3 aromatic rings. The molecule has 0 aromatic heterocycles. The molecule has 5 heteroatoms. The lowest BCUT2D eigenvalue weighted by molar-refractivity contribution is -0.0907. The van der Waals surface area contributed by atoms with Crippen molar-refractivity contribution in [2.45, 2.75) is 58.0 Å². The number of ether oxygens (including phenoxy) is 2. The third kappa shape index (κ3) is 6.93. The van der Waals surface area contributed by atoms with E-state index in [9.17, 15) is 5.11 Å². The van der Waals surface area contributed by atoms with E-state index in [1.54, 1.807) is 7.11 Å². The minimum atomic E-state index is -2.71. The van der Waals surface area contributed by atoms with Crippen molar-refractivity contribution in [3.63, 3.8) is 0 Å². The Balaban J connectivity index is 1.98. The maximum absolute atomic E-state index is 9.71. The second-order valence-corrected chi connectivity index (χ2v) is 14.9. The average Bonchev–Trinajstić information content (AvgIpc) is 2.90. The summed E-state index contributed by atoms with van der Waals surface area (Å²) in [5, 5.41) is 12.1. The van der Waals surface area contributed by atoms with Crippen LogP contribution in [0, 0.1) is 5.92 Å². The molecule has 0 heterocycles. The van der Waals surface area contributed by atoms with Gasteiger partial charge >= 0.3 is 0 Å². The van der Waals surface area contributed by atoms with Gasteiger partial charge in [-0.1, -0.05) is 119 Å². The Labute approximate surface area is 218 Å². The maximum Gasteiger partial charge on any atom is 0.261 e. The Bertz CT molecular complexity index is 966. The highest BCUT2D eigenvalue weighted by atomic mass is 28.4. The highest BCUT2D eigenvalue weighted by molar-refractivity contribution is 6.99. The summed E-state index contributed by atoms with van der Waals surface area (Å²) in [6.45, 7) is 9.85. The molecule has 0 aliphatic carbocycles. The molecule has 1 N–H and O–H groups in total. The van der Waals surface area contributed by atoms with Gasteiger partial charge in [0, 0.05) is 13.7 Å². The zero-order valence-electron chi connectivity index (χ0n) is 22.4. The Morgan fingerprint density at radius 1 is 0.778 bits per heavy atom. The molecule has 194 valence electrons. The second kappa shape index (κ2) is 13.3. The zero-order valence-corrected chi connectivity index (χ0v) is 23.4. The first-order chi connectivity index (χ1) is 17.3. The lowest BCUT2D eigenvalue weighted by Gasteiger charge is -2.44. The van der Waals surface area contributed by atoms with Crippen LogP contribution in [-0.4, -0.2) is 46.0 Å². The molecular formula is C31H42O4Si. The van der Waals surface area contributed by atoms with E-state index in [1.807, 2.05) is 25.1 Å². The van der Waals surface area contributed by atoms with Gasteiger partial charge in [0.25, 0.3) is 8.32 Å². The molecule has 0 aliphatic heterocycles. The Morgan fingerprint density at radius 2 is 1.28 bits per heavy atom. The van der Waals surface area contributed by atoms with Gasteiger partial charge in [-0.25, -0.2) is 0 Å². The predicted molar refractivity (Wildman–Crippen MR) is 150 cm³/mol. The van der Waals surface area contributed by atoms with E-state index in [1.165, 1.54) is 10.4 Å². The van der Waals surface area contributed by atoms with Crippen molar-refractivity contribution in [3.8, 4) is 0 Å². The number of aliphatic hydroxyl groups is 1. The predicted octanol–water partition coefficient (Wildman–Crippen LogP) is 5.18. The molecule has 0 radical (unpaired) electrons. The maximum atomic E-state index is 9.71. The van der Waals surface area contributed by atoms with Gasteiger partial charge in [-0.2, -0.15) is 0 Å². The average molecular weight is 507 g/mol. The minimum absolute atomic E-state index is 0.102. The first-order valence-electron chi connectivity index (χ1n) is 12.9. The van der Waals surface area contributed by atoms with Crippen molar-refractivity contribution in [3.05, 3.63) is 96.6 Å². The monoisotopic (exact) mass is 506 g/mol. The summed E-state index contributed by atoms with van der Waals surface area (Å²) in [4.78, 5) is 0. The van der Waals surface area contributed by atoms with E-state index in [4.69, 9.17) is 13.9 Å². The zero-order chi connectivity index (χ0) is 26.0. The smallest absolute Gasteiger partial charge is 0.261 e. The summed E-state index contributed by atoms with van der Waals surface area (Å²) in [5.74, 6) is 0.102. The normalized spacial score (nSPS) is 14.8. The highest BCUT2D eigenvalue weighted by Crippen LogP contribution is 2.37. The summed E-state index contributed by atoms with van der Waals surface area (Å²) in [6.07, 6.45) is 0.205. The number of hydrogen-bond donors (Lipinski definition) is 1. The summed E-state index contributed by atoms with van der Waals surface area (Å²) >= 11 is 0. The summed E-state index contributed by atoms with van der Waals surface area (Å²) < 4.78 is 19.6. The van der Waals surface area contributed by atoms with Crippen LogP contribution < -0.4 is 10.4 Å². The van der Waals surface area contributed by atoms with Gasteiger partial charge in [-0.05, 0) is 33.3 Å². The highest BCUT2D eigenvalue weighted by Gasteiger charge is 2.50. The van der Waals surface area contributed by atoms with Crippen LogP contribution >= 0.6 is 0 Å². The molecule has 0 amide bonds. The van der Waals surface area contributed by atoms with E-state index in [0.717, 1.165) is 5.56 Å². The van der Waals surface area contributed by atoms with Crippen LogP contribution in [0.2, 0.25) is 5.04 Å². The minimum Gasteiger partial charge on any atom is -0.405 e. The van der Waals surface area contributed by atoms with Gasteiger partial charge in [0.1, 0.15) is 6.10 Å². The Hall–Kier alpha value is -2.28. The molecule has 0 saturated carbocycles. The molecule has 0 aliphatic rings. The van der Waals surface area contributed by atoms with Gasteiger partial charge in [0.2, 0.25) is 0 Å². The molecule has 4 nitrogen and oxygen atoms in total. The summed E-state index contributed by atoms with van der Waals surface area (Å²) in [5.41, 5.74) is 1.11. The number of rotatable bonds is 13. The van der Waals surface area contributed by atoms with E-state index in [0.29, 0.717) is 19.6 Å². The van der Waals surface area contributed by atoms with Crippen LogP contribution in [0.1, 0.15) is 39.7 Å². The standard InChI is InChI=1S/C31H42O4Si/c1-25(22-32)21-29(33-5)30(34-23-26-15-9-6-10-16-26)24-35-36(31(2,3)4,27-17-11-7-12-18-27)28-19-13-8-14-20-28/h6-20,25,29-30,32H,21-24H2,1-5H3/t25-,29-,30+/m0/s1. The third-order valence-corrected chi connectivity index (χ3v) is 11.9. The van der Waals surface area contributed by atoms with Crippen molar-refractivity contribution in [1.82, 2.24) is 0 Å². The molecule has 0 spiro atoms. The molecule has 3 atom stereocenters. The van der Waals surface area contributed by atoms with Crippen LogP contribution in [0.3, 0.4) is 0 Å². The largest absolute Gasteiger partial charge is 0.405 e. The van der Waals surface area contributed by atoms with Crippen LogP contribution in [0.15, 0.2) is 91.0 Å². The summed E-state index contributed by atoms with van der Waals surface area (Å²) in [6, 6.07) is 31.5. The number of hydrogen-bond acceptors (Lipinski definition) is 4. The van der Waals surface area contributed by atoms with Crippen molar-refractivity contribution in [2.24, 2.45) is 5.92 Å². The molecular weight excluding hydrogens is 464 g/mol. The van der Waals surface area contributed by atoms with Crippen LogP contribution in [-0.2, 0) is 20.5 Å². The number of aliphatic hydroxyl groups excluding tert-OH is 1. The van der Waals surface area contributed by atoms with E-state index >= 15 is 0 Å². The van der Waals surface area contributed by atoms with E-state index < -0.39 is 8.32 Å². The van der Waals surface area contributed by atoms with E-state index in [-0.39, 0.29) is 29.8 Å². The molecule has 0 bridgehead atoms. The van der Waals surface area contributed by atoms with Crippen molar-refractivity contribution in [2.75, 3.05) is 20.3 Å². The first-order valence-corrected chi connectivity index (χ1v) is 14.8. The van der Waals surface area contributed by atoms with E-state index in [2.05, 4.69) is 93.6 Å². The van der Waals surface area contributed by atoms with Crippen LogP contribution in [0.4, 0.5) is 0 Å². The second-order valence-electron chi connectivity index (χ2n) is 10.6. The fraction of sp³-hybridized carbons (Fsp3) is 0.419. The van der Waals surface area contributed by atoms with Crippen molar-refractivity contribution >= 4 is 18.7 Å². The van der Waals surface area contributed by atoms with Gasteiger partial charge in [0.05, 0.1) is 19.3 Å². The fourth-order valence-electron chi connectivity index (χ4n) is 4.88. The number of benzene rings is 3. The quantitative estimate of drug-likeness (QED) is 0.325. The van der Waals surface area contributed by atoms with Gasteiger partial charge < -0.3 is 19.0 Å². The topological polar surface area (TPSA) is 47.9 Å². The van der Waals surface area contributed by atoms with Crippen molar-refractivity contribution < 1.29 is 19.0 Å². The molecule has 0 unspecified atom stereocenters. The number of methoxy groups -OCH3 is 1. The van der Waals surface area contributed by atoms with Crippen molar-refractivity contribution in [1.29, 1.82) is 0 Å². The van der Waals surface area contributed by atoms with Crippen LogP contribution in [0.5, 0.6) is 0 Å². The Morgan fingerprint density at radius 3 is 1.72 bits per heavy atom. The summed E-state index contributed by atoms with van der Waals surface area (Å²) in [7, 11) is -0.993. The third-order valence-electron chi connectivity index (χ3n) is 6.85. The molecule has 3 aromatic carbocycles. The lowest BCUT2D eigenvalue weighted by atomic mass is 10.0. The first kappa shape index (κ1) is 28.3. The van der Waals surface area contributed by atoms with Crippen LogP contribution in [0.25, 0.3) is 0 Å².